The third kappa shape index (κ3) is 17.9. The third-order valence-corrected chi connectivity index (χ3v) is 16.6. The summed E-state index contributed by atoms with van der Waals surface area (Å²) >= 11 is 2.86. The van der Waals surface area contributed by atoms with E-state index >= 15 is 0 Å². The van der Waals surface area contributed by atoms with E-state index in [1.165, 1.54) is 41.9 Å². The number of amides is 3. The highest BCUT2D eigenvalue weighted by atomic mass is 32.1. The molecule has 1 aliphatic carbocycles. The zero-order valence-electron chi connectivity index (χ0n) is 53.1. The van der Waals surface area contributed by atoms with E-state index < -0.39 is 11.6 Å². The van der Waals surface area contributed by atoms with Crippen LogP contribution >= 0.6 is 22.7 Å². The fourth-order valence-electron chi connectivity index (χ4n) is 10.5. The lowest BCUT2D eigenvalue weighted by atomic mass is 9.95. The van der Waals surface area contributed by atoms with E-state index in [0.29, 0.717) is 93.5 Å². The van der Waals surface area contributed by atoms with E-state index in [4.69, 9.17) is 53.8 Å². The number of likely N-dealkylation sites (tertiary alicyclic amines) is 1. The molecule has 6 aromatic heterocycles. The molecular formula is C68H75N13O10S2. The zero-order valence-corrected chi connectivity index (χ0v) is 54.7. The number of rotatable bonds is 18. The van der Waals surface area contributed by atoms with Crippen LogP contribution in [0.15, 0.2) is 134 Å². The van der Waals surface area contributed by atoms with Crippen molar-refractivity contribution in [2.75, 3.05) is 48.6 Å². The highest BCUT2D eigenvalue weighted by Gasteiger charge is 2.30. The zero-order chi connectivity index (χ0) is 65.6. The van der Waals surface area contributed by atoms with Crippen LogP contribution in [0.25, 0.3) is 22.1 Å². The molecule has 4 aromatic carbocycles. The molecule has 93 heavy (non-hydrogen) atoms. The van der Waals surface area contributed by atoms with Crippen LogP contribution < -0.4 is 40.2 Å². The van der Waals surface area contributed by atoms with Crippen LogP contribution in [-0.2, 0) is 22.6 Å². The molecule has 2 aliphatic rings. The molecule has 1 atom stereocenters. The second kappa shape index (κ2) is 30.3. The minimum atomic E-state index is -0.833. The standard InChI is InChI=1S/C35H39N7O5S.C31H32N6O3S.C2H4O2/c1-22-19-37-33(48-22)39-32(43)24-10-14-27(15-11-24)46-28-16-17-36-31-29(28)30(40-42(31)20-23-8-12-26(45-5)13-9-23)38-25-7-6-18-41(21-25)34(44)47-35(2,3)4;1-20-18-33-31(41-20)35-30(38)22-10-14-25(15-11-22)40-26-16-17-32-29-27(26)28(34-23-6-4-3-5-7-23)36-37(29)19-21-8-12-24(39-2)13-9-21;1-2(3)4/h8-17,19,25H,6-7,18,20-21H2,1-5H3,(H,38,40)(H,37,39,43);8-18,23H,3-7,19H2,1-2H3,(H,34,36)(H,33,35,38);1H3,(H,3,4)/t25-;;/m1../s1. The summed E-state index contributed by atoms with van der Waals surface area (Å²) in [4.78, 5) is 68.9. The van der Waals surface area contributed by atoms with Gasteiger partial charge in [0.1, 0.15) is 50.9 Å². The monoisotopic (exact) mass is 1300 g/mol. The molecule has 3 amide bonds. The Balaban J connectivity index is 0.000000194. The van der Waals surface area contributed by atoms with Crippen LogP contribution in [0.1, 0.15) is 114 Å². The Morgan fingerprint density at radius 2 is 0.989 bits per heavy atom. The van der Waals surface area contributed by atoms with Crippen LogP contribution in [0.4, 0.5) is 26.7 Å². The van der Waals surface area contributed by atoms with Crippen molar-refractivity contribution in [3.8, 4) is 34.5 Å². The Kier molecular flexibility index (Phi) is 21.5. The number of carbonyl (C=O) groups is 4. The first-order valence-electron chi connectivity index (χ1n) is 30.5. The van der Waals surface area contributed by atoms with Crippen molar-refractivity contribution in [1.29, 1.82) is 0 Å². The number of carboxylic acids is 1. The molecule has 5 N–H and O–H groups in total. The van der Waals surface area contributed by atoms with E-state index in [1.807, 2.05) is 98.6 Å². The van der Waals surface area contributed by atoms with Crippen molar-refractivity contribution in [2.24, 2.45) is 0 Å². The second-order valence-corrected chi connectivity index (χ2v) is 25.8. The summed E-state index contributed by atoms with van der Waals surface area (Å²) in [6, 6.07) is 33.8. The first-order chi connectivity index (χ1) is 44.8. The van der Waals surface area contributed by atoms with Gasteiger partial charge in [-0.2, -0.15) is 10.2 Å². The number of ether oxygens (including phenoxy) is 5. The summed E-state index contributed by atoms with van der Waals surface area (Å²) in [5.74, 6) is 4.05. The second-order valence-electron chi connectivity index (χ2n) is 23.3. The number of thiazole rings is 2. The van der Waals surface area contributed by atoms with Gasteiger partial charge in [0, 0.05) is 89.9 Å². The number of hydrogen-bond donors (Lipinski definition) is 5. The number of piperidine rings is 1. The summed E-state index contributed by atoms with van der Waals surface area (Å²) in [6.45, 7) is 12.7. The van der Waals surface area contributed by atoms with Gasteiger partial charge in [0.25, 0.3) is 17.8 Å². The normalized spacial score (nSPS) is 14.0. The van der Waals surface area contributed by atoms with Gasteiger partial charge in [-0.3, -0.25) is 25.0 Å². The molecule has 1 saturated heterocycles. The number of carboxylic acid groups (broad SMARTS) is 1. The van der Waals surface area contributed by atoms with Crippen LogP contribution in [0.5, 0.6) is 34.5 Å². The Morgan fingerprint density at radius 3 is 1.40 bits per heavy atom. The van der Waals surface area contributed by atoms with Gasteiger partial charge in [-0.1, -0.05) is 43.5 Å². The lowest BCUT2D eigenvalue weighted by Gasteiger charge is -2.34. The van der Waals surface area contributed by atoms with Crippen molar-refractivity contribution >= 4 is 90.5 Å². The summed E-state index contributed by atoms with van der Waals surface area (Å²) < 4.78 is 32.8. The SMILES string of the molecule is CC(=O)O.COc1ccc(Cn2nc(NC3CCCCC3)c3c(Oc4ccc(C(=O)Nc5ncc(C)s5)cc4)ccnc32)cc1.COc1ccc(Cn2nc(N[C@@H]3CCCN(C(=O)OC(C)(C)C)C3)c3c(Oc4ccc(C(=O)Nc5ncc(C)s5)cc4)ccnc32)cc1. The molecule has 0 bridgehead atoms. The number of fused-ring (bicyclic) bond motifs is 2. The summed E-state index contributed by atoms with van der Waals surface area (Å²) in [5, 5.41) is 33.0. The number of benzene rings is 4. The minimum Gasteiger partial charge on any atom is -0.497 e. The predicted molar refractivity (Wildman–Crippen MR) is 360 cm³/mol. The predicted octanol–water partition coefficient (Wildman–Crippen LogP) is 14.2. The van der Waals surface area contributed by atoms with Gasteiger partial charge < -0.3 is 44.3 Å². The molecular weight excluding hydrogens is 1220 g/mol. The maximum absolute atomic E-state index is 12.9. The Labute approximate surface area is 546 Å². The molecule has 0 radical (unpaired) electrons. The van der Waals surface area contributed by atoms with Crippen LogP contribution in [0, 0.1) is 13.8 Å². The number of aryl methyl sites for hydroxylation is 2. The number of anilines is 4. The van der Waals surface area contributed by atoms with Gasteiger partial charge in [0.05, 0.1) is 27.3 Å². The average molecular weight is 1300 g/mol. The Morgan fingerprint density at radius 1 is 0.570 bits per heavy atom. The third-order valence-electron chi connectivity index (χ3n) is 14.9. The fraction of sp³-hybridized carbons (Fsp3) is 0.324. The van der Waals surface area contributed by atoms with Gasteiger partial charge in [0.15, 0.2) is 33.2 Å². The van der Waals surface area contributed by atoms with Gasteiger partial charge in [0.2, 0.25) is 0 Å². The number of nitrogens with zero attached hydrogens (tertiary/aromatic N) is 9. The topological polar surface area (TPSA) is 273 Å². The van der Waals surface area contributed by atoms with Crippen LogP contribution in [0.3, 0.4) is 0 Å². The fourth-order valence-corrected chi connectivity index (χ4v) is 11.8. The molecule has 25 heteroatoms. The van der Waals surface area contributed by atoms with E-state index in [9.17, 15) is 14.4 Å². The Bertz CT molecular complexity index is 4170. The van der Waals surface area contributed by atoms with E-state index in [1.54, 1.807) is 98.5 Å². The van der Waals surface area contributed by atoms with Gasteiger partial charge in [-0.25, -0.2) is 34.1 Å². The van der Waals surface area contributed by atoms with Crippen molar-refractivity contribution in [1.82, 2.24) is 44.4 Å². The number of nitrogens with one attached hydrogen (secondary N) is 4. The maximum atomic E-state index is 12.9. The van der Waals surface area contributed by atoms with Crippen molar-refractivity contribution in [3.63, 3.8) is 0 Å². The minimum absolute atomic E-state index is 0.0636. The summed E-state index contributed by atoms with van der Waals surface area (Å²) in [6.07, 6.45) is 14.2. The van der Waals surface area contributed by atoms with Crippen LogP contribution in [-0.4, -0.2) is 118 Å². The van der Waals surface area contributed by atoms with E-state index in [0.717, 1.165) is 81.8 Å². The average Bonchev–Trinajstić information content (AvgIpc) is 1.66. The smallest absolute Gasteiger partial charge is 0.410 e. The lowest BCUT2D eigenvalue weighted by Crippen LogP contribution is -2.47. The Hall–Kier alpha value is -10.1. The van der Waals surface area contributed by atoms with Crippen molar-refractivity contribution in [3.05, 3.63) is 166 Å². The highest BCUT2D eigenvalue weighted by molar-refractivity contribution is 7.16. The lowest BCUT2D eigenvalue weighted by molar-refractivity contribution is -0.134. The summed E-state index contributed by atoms with van der Waals surface area (Å²) in [5.41, 5.74) is 3.93. The number of aliphatic carboxylic acids is 1. The van der Waals surface area contributed by atoms with E-state index in [-0.39, 0.29) is 23.9 Å². The van der Waals surface area contributed by atoms with Crippen LogP contribution in [0.2, 0.25) is 0 Å². The molecule has 0 unspecified atom stereocenters. The molecule has 12 rings (SSSR count). The molecule has 484 valence electrons. The largest absolute Gasteiger partial charge is 0.497 e. The maximum Gasteiger partial charge on any atom is 0.410 e. The quantitative estimate of drug-likeness (QED) is 0.0534. The first kappa shape index (κ1) is 65.8. The number of pyridine rings is 2. The molecule has 0 spiro atoms. The molecule has 7 heterocycles. The first-order valence-corrected chi connectivity index (χ1v) is 32.2. The molecule has 23 nitrogen and oxygen atoms in total. The molecule has 1 saturated carbocycles. The number of aromatic nitrogens is 8. The summed E-state index contributed by atoms with van der Waals surface area (Å²) in [7, 11) is 3.30. The number of hydrogen-bond acceptors (Lipinski definition) is 19. The van der Waals surface area contributed by atoms with E-state index in [2.05, 4.69) is 31.2 Å². The number of methoxy groups -OCH3 is 2. The number of carbonyl (C=O) groups excluding carboxylic acids is 3. The molecule has 2 fully saturated rings. The van der Waals surface area contributed by atoms with Gasteiger partial charge in [-0.15, -0.1) is 22.7 Å². The van der Waals surface area contributed by atoms with Gasteiger partial charge in [-0.05, 0) is 144 Å². The van der Waals surface area contributed by atoms with Gasteiger partial charge >= 0.3 is 6.09 Å². The highest BCUT2D eigenvalue weighted by Crippen LogP contribution is 2.38. The van der Waals surface area contributed by atoms with Crippen molar-refractivity contribution in [2.45, 2.75) is 117 Å². The van der Waals surface area contributed by atoms with Crippen molar-refractivity contribution < 1.29 is 48.0 Å². The molecule has 1 aliphatic heterocycles. The molecule has 10 aromatic rings.